The Balaban J connectivity index is 2.01. The summed E-state index contributed by atoms with van der Waals surface area (Å²) in [5, 5.41) is 5.98. The molecule has 3 N–H and O–H groups in total. The largest absolute Gasteiger partial charge is 0.434 e. The molecule has 29 heavy (non-hydrogen) atoms. The number of nitrogen functional groups attached to an aromatic ring is 1. The van der Waals surface area contributed by atoms with Crippen molar-refractivity contribution in [1.29, 1.82) is 0 Å². The standard InChI is InChI=1S/C18H15F3N4O3S/c1-29(27,28)14-4-2-3-12(9-14)24-17(26)15-10-23-25(16(15)18(19,20)21)13-7-5-11(22)6-8-13/h2-10H,22H2,1H3,(H,24,26). The molecule has 0 fully saturated rings. The molecule has 1 aromatic heterocycles. The third kappa shape index (κ3) is 4.40. The number of carbonyl (C=O) groups excluding carboxylic acids is 1. The number of halogens is 3. The maximum atomic E-state index is 13.7. The van der Waals surface area contributed by atoms with Crippen LogP contribution in [0.15, 0.2) is 59.6 Å². The van der Waals surface area contributed by atoms with Crippen LogP contribution in [0.3, 0.4) is 0 Å². The number of nitrogens with two attached hydrogens (primary N) is 1. The van der Waals surface area contributed by atoms with Gasteiger partial charge >= 0.3 is 6.18 Å². The van der Waals surface area contributed by atoms with Gasteiger partial charge in [0.2, 0.25) is 0 Å². The van der Waals surface area contributed by atoms with Gasteiger partial charge in [-0.25, -0.2) is 13.1 Å². The molecule has 152 valence electrons. The summed E-state index contributed by atoms with van der Waals surface area (Å²) in [6.07, 6.45) is -3.10. The Kier molecular flexibility index (Phi) is 5.09. The Morgan fingerprint density at radius 2 is 1.79 bits per heavy atom. The number of sulfone groups is 1. The number of anilines is 2. The third-order valence-corrected chi connectivity index (χ3v) is 5.05. The zero-order valence-electron chi connectivity index (χ0n) is 14.9. The first-order valence-electron chi connectivity index (χ1n) is 8.09. The molecule has 0 saturated carbocycles. The molecule has 11 heteroatoms. The van der Waals surface area contributed by atoms with Crippen molar-refractivity contribution < 1.29 is 26.4 Å². The SMILES string of the molecule is CS(=O)(=O)c1cccc(NC(=O)c2cnn(-c3ccc(N)cc3)c2C(F)(F)F)c1. The monoisotopic (exact) mass is 424 g/mol. The van der Waals surface area contributed by atoms with Gasteiger partial charge in [-0.3, -0.25) is 4.79 Å². The van der Waals surface area contributed by atoms with Crippen LogP contribution in [-0.4, -0.2) is 30.4 Å². The smallest absolute Gasteiger partial charge is 0.399 e. The van der Waals surface area contributed by atoms with Crippen molar-refractivity contribution in [3.05, 3.63) is 66.0 Å². The molecule has 2 aromatic carbocycles. The number of aromatic nitrogens is 2. The molecule has 1 heterocycles. The summed E-state index contributed by atoms with van der Waals surface area (Å²) in [5.74, 6) is -1.08. The molecule has 0 spiro atoms. The molecular formula is C18H15F3N4O3S. The summed E-state index contributed by atoms with van der Waals surface area (Å²) in [4.78, 5) is 12.4. The van der Waals surface area contributed by atoms with E-state index in [1.165, 1.54) is 42.5 Å². The lowest BCUT2D eigenvalue weighted by atomic mass is 10.2. The number of rotatable bonds is 4. The van der Waals surface area contributed by atoms with Crippen LogP contribution in [0.4, 0.5) is 24.5 Å². The number of hydrogen-bond acceptors (Lipinski definition) is 5. The summed E-state index contributed by atoms with van der Waals surface area (Å²) in [7, 11) is -3.55. The van der Waals surface area contributed by atoms with Gasteiger partial charge in [0.1, 0.15) is 0 Å². The van der Waals surface area contributed by atoms with E-state index in [1.54, 1.807) is 0 Å². The maximum absolute atomic E-state index is 13.7. The van der Waals surface area contributed by atoms with Crippen molar-refractivity contribution in [3.8, 4) is 5.69 Å². The Bertz CT molecular complexity index is 1170. The van der Waals surface area contributed by atoms with Crippen molar-refractivity contribution in [2.75, 3.05) is 17.3 Å². The Hall–Kier alpha value is -3.34. The third-order valence-electron chi connectivity index (χ3n) is 3.94. The molecule has 3 aromatic rings. The molecule has 0 aliphatic rings. The van der Waals surface area contributed by atoms with E-state index in [0.717, 1.165) is 18.5 Å². The van der Waals surface area contributed by atoms with Gasteiger partial charge in [0.05, 0.1) is 22.3 Å². The summed E-state index contributed by atoms with van der Waals surface area (Å²) in [6.45, 7) is 0. The lowest BCUT2D eigenvalue weighted by Gasteiger charge is -2.13. The fourth-order valence-electron chi connectivity index (χ4n) is 2.60. The number of carbonyl (C=O) groups is 1. The fourth-order valence-corrected chi connectivity index (χ4v) is 3.27. The average molecular weight is 424 g/mol. The highest BCUT2D eigenvalue weighted by molar-refractivity contribution is 7.90. The zero-order chi connectivity index (χ0) is 21.4. The fraction of sp³-hybridized carbons (Fsp3) is 0.111. The van der Waals surface area contributed by atoms with Crippen molar-refractivity contribution in [3.63, 3.8) is 0 Å². The minimum Gasteiger partial charge on any atom is -0.399 e. The van der Waals surface area contributed by atoms with E-state index in [1.807, 2.05) is 0 Å². The molecule has 0 saturated heterocycles. The lowest BCUT2D eigenvalue weighted by Crippen LogP contribution is -2.20. The number of amides is 1. The number of nitrogens with zero attached hydrogens (tertiary/aromatic N) is 2. The molecule has 0 bridgehead atoms. The molecule has 7 nitrogen and oxygen atoms in total. The molecule has 3 rings (SSSR count). The van der Waals surface area contributed by atoms with Gasteiger partial charge in [-0.15, -0.1) is 0 Å². The van der Waals surface area contributed by atoms with Gasteiger partial charge in [0, 0.05) is 17.6 Å². The van der Waals surface area contributed by atoms with Crippen LogP contribution in [-0.2, 0) is 16.0 Å². The van der Waals surface area contributed by atoms with Gasteiger partial charge in [-0.2, -0.15) is 18.3 Å². The Labute approximate surface area is 163 Å². The van der Waals surface area contributed by atoms with E-state index in [-0.39, 0.29) is 16.3 Å². The first kappa shape index (κ1) is 20.4. The average Bonchev–Trinajstić information content (AvgIpc) is 3.07. The number of benzene rings is 2. The van der Waals surface area contributed by atoms with Gasteiger partial charge in [-0.1, -0.05) is 6.07 Å². The molecule has 1 amide bonds. The first-order chi connectivity index (χ1) is 13.5. The van der Waals surface area contributed by atoms with Gasteiger partial charge in [0.15, 0.2) is 15.5 Å². The molecule has 0 aliphatic carbocycles. The van der Waals surface area contributed by atoms with Crippen LogP contribution in [0.2, 0.25) is 0 Å². The van der Waals surface area contributed by atoms with E-state index in [0.29, 0.717) is 10.4 Å². The normalized spacial score (nSPS) is 12.0. The van der Waals surface area contributed by atoms with Gasteiger partial charge in [0.25, 0.3) is 5.91 Å². The van der Waals surface area contributed by atoms with Crippen LogP contribution >= 0.6 is 0 Å². The molecule has 0 atom stereocenters. The van der Waals surface area contributed by atoms with Crippen molar-refractivity contribution in [2.45, 2.75) is 11.1 Å². The minimum absolute atomic E-state index is 0.0336. The second kappa shape index (κ2) is 7.24. The lowest BCUT2D eigenvalue weighted by molar-refractivity contribution is -0.143. The van der Waals surface area contributed by atoms with Crippen molar-refractivity contribution >= 4 is 27.1 Å². The number of alkyl halides is 3. The van der Waals surface area contributed by atoms with Gasteiger partial charge in [-0.05, 0) is 42.5 Å². The highest BCUT2D eigenvalue weighted by Gasteiger charge is 2.40. The van der Waals surface area contributed by atoms with Crippen molar-refractivity contribution in [2.24, 2.45) is 0 Å². The van der Waals surface area contributed by atoms with E-state index >= 15 is 0 Å². The molecule has 0 unspecified atom stereocenters. The predicted octanol–water partition coefficient (Wildman–Crippen LogP) is 3.13. The molecular weight excluding hydrogens is 409 g/mol. The Morgan fingerprint density at radius 1 is 1.14 bits per heavy atom. The molecule has 0 radical (unpaired) electrons. The highest BCUT2D eigenvalue weighted by Crippen LogP contribution is 2.34. The second-order valence-corrected chi connectivity index (χ2v) is 8.18. The minimum atomic E-state index is -4.88. The van der Waals surface area contributed by atoms with Crippen LogP contribution < -0.4 is 11.1 Å². The Morgan fingerprint density at radius 3 is 2.38 bits per heavy atom. The van der Waals surface area contributed by atoms with Crippen LogP contribution in [0.5, 0.6) is 0 Å². The summed E-state index contributed by atoms with van der Waals surface area (Å²) >= 11 is 0. The summed E-state index contributed by atoms with van der Waals surface area (Å²) in [5.41, 5.74) is 4.04. The highest BCUT2D eigenvalue weighted by atomic mass is 32.2. The second-order valence-electron chi connectivity index (χ2n) is 6.16. The number of nitrogens with one attached hydrogen (secondary N) is 1. The van der Waals surface area contributed by atoms with E-state index in [9.17, 15) is 26.4 Å². The van der Waals surface area contributed by atoms with Crippen LogP contribution in [0.25, 0.3) is 5.69 Å². The summed E-state index contributed by atoms with van der Waals surface area (Å²) in [6, 6.07) is 10.7. The topological polar surface area (TPSA) is 107 Å². The molecule has 0 aliphatic heterocycles. The quantitative estimate of drug-likeness (QED) is 0.626. The van der Waals surface area contributed by atoms with E-state index in [4.69, 9.17) is 5.73 Å². The maximum Gasteiger partial charge on any atom is 0.434 e. The summed E-state index contributed by atoms with van der Waals surface area (Å²) < 4.78 is 64.9. The van der Waals surface area contributed by atoms with E-state index < -0.39 is 33.2 Å². The van der Waals surface area contributed by atoms with E-state index in [2.05, 4.69) is 10.4 Å². The van der Waals surface area contributed by atoms with Crippen LogP contribution in [0, 0.1) is 0 Å². The van der Waals surface area contributed by atoms with Gasteiger partial charge < -0.3 is 11.1 Å². The zero-order valence-corrected chi connectivity index (χ0v) is 15.8. The number of hydrogen-bond donors (Lipinski definition) is 2. The van der Waals surface area contributed by atoms with Crippen LogP contribution in [0.1, 0.15) is 16.1 Å². The predicted molar refractivity (Wildman–Crippen MR) is 100 cm³/mol. The first-order valence-corrected chi connectivity index (χ1v) is 9.98. The van der Waals surface area contributed by atoms with Crippen molar-refractivity contribution in [1.82, 2.24) is 9.78 Å².